The zero-order valence-corrected chi connectivity index (χ0v) is 7.56. The molecule has 0 saturated carbocycles. The van der Waals surface area contributed by atoms with Crippen molar-refractivity contribution < 1.29 is 5.11 Å². The van der Waals surface area contributed by atoms with Gasteiger partial charge < -0.3 is 5.11 Å². The fourth-order valence-corrected chi connectivity index (χ4v) is 1.86. The molecule has 1 aliphatic carbocycles. The summed E-state index contributed by atoms with van der Waals surface area (Å²) in [6.45, 7) is 4.64. The highest BCUT2D eigenvalue weighted by Crippen LogP contribution is 2.29. The SMILES string of the molecule is CC1=C(C(C)CO)CCCC1. The summed E-state index contributed by atoms with van der Waals surface area (Å²) >= 11 is 0. The van der Waals surface area contributed by atoms with Gasteiger partial charge in [0.05, 0.1) is 0 Å². The standard InChI is InChI=1S/C10H18O/c1-8-5-3-4-6-10(8)9(2)7-11/h9,11H,3-7H2,1-2H3. The van der Waals surface area contributed by atoms with E-state index in [1.807, 2.05) is 0 Å². The molecule has 1 heteroatoms. The molecule has 1 unspecified atom stereocenters. The van der Waals surface area contributed by atoms with Gasteiger partial charge in [-0.2, -0.15) is 0 Å². The van der Waals surface area contributed by atoms with Crippen LogP contribution in [0.25, 0.3) is 0 Å². The third kappa shape index (κ3) is 2.06. The molecule has 0 aromatic rings. The van der Waals surface area contributed by atoms with Crippen LogP contribution in [0.2, 0.25) is 0 Å². The first-order valence-corrected chi connectivity index (χ1v) is 4.55. The fourth-order valence-electron chi connectivity index (χ4n) is 1.86. The van der Waals surface area contributed by atoms with Crippen LogP contribution in [0, 0.1) is 5.92 Å². The van der Waals surface area contributed by atoms with Gasteiger partial charge in [0, 0.05) is 12.5 Å². The maximum atomic E-state index is 8.97. The van der Waals surface area contributed by atoms with Crippen molar-refractivity contribution >= 4 is 0 Å². The summed E-state index contributed by atoms with van der Waals surface area (Å²) in [5.41, 5.74) is 3.04. The lowest BCUT2D eigenvalue weighted by Crippen LogP contribution is -2.09. The lowest BCUT2D eigenvalue weighted by Gasteiger charge is -2.21. The molecule has 0 amide bonds. The van der Waals surface area contributed by atoms with Crippen LogP contribution in [0.5, 0.6) is 0 Å². The maximum Gasteiger partial charge on any atom is 0.0493 e. The Morgan fingerprint density at radius 2 is 2.00 bits per heavy atom. The molecule has 0 spiro atoms. The Labute approximate surface area is 69.1 Å². The van der Waals surface area contributed by atoms with Crippen molar-refractivity contribution in [1.29, 1.82) is 0 Å². The second-order valence-corrected chi connectivity index (χ2v) is 3.60. The van der Waals surface area contributed by atoms with Gasteiger partial charge >= 0.3 is 0 Å². The molecule has 0 aromatic carbocycles. The molecular weight excluding hydrogens is 136 g/mol. The molecule has 0 radical (unpaired) electrons. The maximum absolute atomic E-state index is 8.97. The Morgan fingerprint density at radius 1 is 1.36 bits per heavy atom. The van der Waals surface area contributed by atoms with E-state index in [-0.39, 0.29) is 0 Å². The van der Waals surface area contributed by atoms with Crippen molar-refractivity contribution in [2.24, 2.45) is 5.92 Å². The summed E-state index contributed by atoms with van der Waals surface area (Å²) in [5, 5.41) is 8.97. The fraction of sp³-hybridized carbons (Fsp3) is 0.800. The van der Waals surface area contributed by atoms with Gasteiger partial charge in [-0.05, 0) is 32.6 Å². The molecule has 11 heavy (non-hydrogen) atoms. The zero-order chi connectivity index (χ0) is 8.27. The Hall–Kier alpha value is -0.300. The number of rotatable bonds is 2. The van der Waals surface area contributed by atoms with Gasteiger partial charge in [-0.1, -0.05) is 18.1 Å². The molecule has 0 bridgehead atoms. The quantitative estimate of drug-likeness (QED) is 0.606. The van der Waals surface area contributed by atoms with E-state index >= 15 is 0 Å². The first-order valence-electron chi connectivity index (χ1n) is 4.55. The molecule has 1 rings (SSSR count). The summed E-state index contributed by atoms with van der Waals surface area (Å²) < 4.78 is 0. The Morgan fingerprint density at radius 3 is 2.55 bits per heavy atom. The van der Waals surface area contributed by atoms with Crippen molar-refractivity contribution in [2.75, 3.05) is 6.61 Å². The van der Waals surface area contributed by atoms with Crippen molar-refractivity contribution in [1.82, 2.24) is 0 Å². The minimum atomic E-state index is 0.312. The van der Waals surface area contributed by atoms with E-state index in [4.69, 9.17) is 5.11 Å². The predicted molar refractivity (Wildman–Crippen MR) is 47.4 cm³/mol. The molecular formula is C10H18O. The first-order chi connectivity index (χ1) is 5.25. The second-order valence-electron chi connectivity index (χ2n) is 3.60. The van der Waals surface area contributed by atoms with Gasteiger partial charge in [-0.3, -0.25) is 0 Å². The number of hydrogen-bond donors (Lipinski definition) is 1. The smallest absolute Gasteiger partial charge is 0.0493 e. The third-order valence-electron chi connectivity index (χ3n) is 2.66. The van der Waals surface area contributed by atoms with Gasteiger partial charge in [-0.25, -0.2) is 0 Å². The molecule has 0 saturated heterocycles. The molecule has 64 valence electrons. The summed E-state index contributed by atoms with van der Waals surface area (Å²) in [6, 6.07) is 0. The first kappa shape index (κ1) is 8.79. The third-order valence-corrected chi connectivity index (χ3v) is 2.66. The van der Waals surface area contributed by atoms with Crippen LogP contribution < -0.4 is 0 Å². The highest BCUT2D eigenvalue weighted by molar-refractivity contribution is 5.17. The zero-order valence-electron chi connectivity index (χ0n) is 7.56. The van der Waals surface area contributed by atoms with Gasteiger partial charge in [0.2, 0.25) is 0 Å². The Balaban J connectivity index is 2.65. The van der Waals surface area contributed by atoms with E-state index in [2.05, 4.69) is 13.8 Å². The van der Waals surface area contributed by atoms with E-state index in [0.29, 0.717) is 12.5 Å². The van der Waals surface area contributed by atoms with E-state index in [1.54, 1.807) is 0 Å². The average molecular weight is 154 g/mol. The summed E-state index contributed by atoms with van der Waals surface area (Å²) in [5.74, 6) is 0.398. The molecule has 1 N–H and O–H groups in total. The number of hydrogen-bond acceptors (Lipinski definition) is 1. The highest BCUT2D eigenvalue weighted by atomic mass is 16.3. The number of aliphatic hydroxyl groups is 1. The highest BCUT2D eigenvalue weighted by Gasteiger charge is 2.13. The van der Waals surface area contributed by atoms with Crippen LogP contribution in [-0.2, 0) is 0 Å². The van der Waals surface area contributed by atoms with Gasteiger partial charge in [0.1, 0.15) is 0 Å². The van der Waals surface area contributed by atoms with E-state index < -0.39 is 0 Å². The number of aliphatic hydroxyl groups excluding tert-OH is 1. The molecule has 0 aliphatic heterocycles. The second kappa shape index (κ2) is 3.91. The molecule has 1 aliphatic rings. The van der Waals surface area contributed by atoms with Gasteiger partial charge in [0.15, 0.2) is 0 Å². The topological polar surface area (TPSA) is 20.2 Å². The van der Waals surface area contributed by atoms with Crippen LogP contribution >= 0.6 is 0 Å². The Bertz CT molecular complexity index is 158. The van der Waals surface area contributed by atoms with Crippen LogP contribution in [-0.4, -0.2) is 11.7 Å². The van der Waals surface area contributed by atoms with Crippen LogP contribution in [0.3, 0.4) is 0 Å². The van der Waals surface area contributed by atoms with Crippen molar-refractivity contribution in [3.63, 3.8) is 0 Å². The summed E-state index contributed by atoms with van der Waals surface area (Å²) in [4.78, 5) is 0. The lowest BCUT2D eigenvalue weighted by molar-refractivity contribution is 0.251. The minimum Gasteiger partial charge on any atom is -0.396 e. The molecule has 0 aromatic heterocycles. The molecule has 1 nitrogen and oxygen atoms in total. The normalized spacial score (nSPS) is 22.1. The molecule has 1 atom stereocenters. The Kier molecular flexibility index (Phi) is 3.13. The average Bonchev–Trinajstić information content (AvgIpc) is 2.04. The van der Waals surface area contributed by atoms with Crippen molar-refractivity contribution in [3.05, 3.63) is 11.1 Å². The largest absolute Gasteiger partial charge is 0.396 e. The minimum absolute atomic E-state index is 0.312. The van der Waals surface area contributed by atoms with Crippen LogP contribution in [0.1, 0.15) is 39.5 Å². The summed E-state index contributed by atoms with van der Waals surface area (Å²) in [7, 11) is 0. The van der Waals surface area contributed by atoms with Crippen LogP contribution in [0.15, 0.2) is 11.1 Å². The van der Waals surface area contributed by atoms with E-state index in [9.17, 15) is 0 Å². The van der Waals surface area contributed by atoms with Crippen molar-refractivity contribution in [3.8, 4) is 0 Å². The van der Waals surface area contributed by atoms with E-state index in [1.165, 1.54) is 36.8 Å². The predicted octanol–water partition coefficient (Wildman–Crippen LogP) is 2.51. The van der Waals surface area contributed by atoms with E-state index in [0.717, 1.165) is 0 Å². The molecule has 0 fully saturated rings. The van der Waals surface area contributed by atoms with Crippen molar-refractivity contribution in [2.45, 2.75) is 39.5 Å². The van der Waals surface area contributed by atoms with Gasteiger partial charge in [0.25, 0.3) is 0 Å². The number of allylic oxidation sites excluding steroid dienone is 1. The lowest BCUT2D eigenvalue weighted by atomic mass is 9.86. The monoisotopic (exact) mass is 154 g/mol. The summed E-state index contributed by atoms with van der Waals surface area (Å²) in [6.07, 6.45) is 5.12. The molecule has 0 heterocycles. The van der Waals surface area contributed by atoms with Gasteiger partial charge in [-0.15, -0.1) is 0 Å². The van der Waals surface area contributed by atoms with Crippen LogP contribution in [0.4, 0.5) is 0 Å².